The van der Waals surface area contributed by atoms with E-state index in [0.717, 1.165) is 12.8 Å². The molecular weight excluding hydrogens is 287 g/mol. The number of rotatable bonds is 4. The fourth-order valence-electron chi connectivity index (χ4n) is 2.00. The van der Waals surface area contributed by atoms with Crippen LogP contribution in [0, 0.1) is 5.92 Å². The summed E-state index contributed by atoms with van der Waals surface area (Å²) in [6.07, 6.45) is 2.05. The summed E-state index contributed by atoms with van der Waals surface area (Å²) in [6, 6.07) is 4.45. The maximum atomic E-state index is 11.9. The van der Waals surface area contributed by atoms with Gasteiger partial charge in [-0.05, 0) is 43.9 Å². The second-order valence-electron chi connectivity index (χ2n) is 5.05. The molecule has 0 spiro atoms. The highest BCUT2D eigenvalue weighted by atomic mass is 35.5. The molecule has 1 aromatic carbocycles. The van der Waals surface area contributed by atoms with Gasteiger partial charge in [-0.1, -0.05) is 23.2 Å². The molecule has 1 aromatic rings. The number of urea groups is 1. The zero-order chi connectivity index (χ0) is 14.0. The van der Waals surface area contributed by atoms with E-state index >= 15 is 0 Å². The van der Waals surface area contributed by atoms with E-state index < -0.39 is 11.6 Å². The van der Waals surface area contributed by atoms with Crippen molar-refractivity contribution in [3.63, 3.8) is 0 Å². The Hall–Kier alpha value is -0.970. The van der Waals surface area contributed by atoms with Crippen LogP contribution in [0.4, 0.5) is 10.5 Å². The molecule has 0 aliphatic heterocycles. The van der Waals surface area contributed by atoms with Gasteiger partial charge in [0.05, 0.1) is 22.9 Å². The summed E-state index contributed by atoms with van der Waals surface area (Å²) < 4.78 is 0. The van der Waals surface area contributed by atoms with Crippen molar-refractivity contribution in [2.24, 2.45) is 5.92 Å². The van der Waals surface area contributed by atoms with Crippen molar-refractivity contribution in [1.29, 1.82) is 0 Å². The van der Waals surface area contributed by atoms with Gasteiger partial charge in [0.1, 0.15) is 0 Å². The average molecular weight is 303 g/mol. The number of aliphatic hydroxyl groups is 1. The van der Waals surface area contributed by atoms with Crippen LogP contribution in [0.3, 0.4) is 0 Å². The Bertz CT molecular complexity index is 492. The van der Waals surface area contributed by atoms with Crippen molar-refractivity contribution in [3.8, 4) is 0 Å². The minimum absolute atomic E-state index is 0.0889. The predicted octanol–water partition coefficient (Wildman–Crippen LogP) is 3.28. The van der Waals surface area contributed by atoms with Gasteiger partial charge in [0.15, 0.2) is 0 Å². The summed E-state index contributed by atoms with van der Waals surface area (Å²) in [6.45, 7) is 1.75. The zero-order valence-electron chi connectivity index (χ0n) is 10.5. The van der Waals surface area contributed by atoms with Crippen molar-refractivity contribution in [2.45, 2.75) is 25.3 Å². The Balaban J connectivity index is 2.02. The highest BCUT2D eigenvalue weighted by Crippen LogP contribution is 2.39. The quantitative estimate of drug-likeness (QED) is 0.799. The number of carbonyl (C=O) groups is 1. The largest absolute Gasteiger partial charge is 0.394 e. The standard InChI is InChI=1S/C13H16Cl2N2O2/c1-13(7-18,8-2-3-8)17-12(19)16-11-6-9(14)4-5-10(11)15/h4-6,8,18H,2-3,7H2,1H3,(H2,16,17,19). The number of hydrogen-bond acceptors (Lipinski definition) is 2. The summed E-state index contributed by atoms with van der Waals surface area (Å²) in [5, 5.41) is 15.8. The number of anilines is 1. The van der Waals surface area contributed by atoms with Crippen LogP contribution in [0.2, 0.25) is 10.0 Å². The van der Waals surface area contributed by atoms with Gasteiger partial charge in [-0.25, -0.2) is 4.79 Å². The lowest BCUT2D eigenvalue weighted by molar-refractivity contribution is 0.159. The van der Waals surface area contributed by atoms with Crippen LogP contribution in [0.5, 0.6) is 0 Å². The lowest BCUT2D eigenvalue weighted by Crippen LogP contribution is -2.52. The first kappa shape index (κ1) is 14.4. The fraction of sp³-hybridized carbons (Fsp3) is 0.462. The third-order valence-corrected chi connectivity index (χ3v) is 3.95. The van der Waals surface area contributed by atoms with Gasteiger partial charge in [-0.3, -0.25) is 0 Å². The zero-order valence-corrected chi connectivity index (χ0v) is 12.1. The Morgan fingerprint density at radius 3 is 2.74 bits per heavy atom. The maximum absolute atomic E-state index is 11.9. The molecule has 104 valence electrons. The summed E-state index contributed by atoms with van der Waals surface area (Å²) in [5.41, 5.74) is -0.141. The van der Waals surface area contributed by atoms with Gasteiger partial charge in [0.25, 0.3) is 0 Å². The third kappa shape index (κ3) is 3.53. The molecular formula is C13H16Cl2N2O2. The van der Waals surface area contributed by atoms with Crippen LogP contribution in [0.25, 0.3) is 0 Å². The predicted molar refractivity (Wildman–Crippen MR) is 76.8 cm³/mol. The van der Waals surface area contributed by atoms with Crippen LogP contribution in [-0.2, 0) is 0 Å². The van der Waals surface area contributed by atoms with E-state index in [0.29, 0.717) is 21.7 Å². The van der Waals surface area contributed by atoms with E-state index in [9.17, 15) is 9.90 Å². The number of benzene rings is 1. The highest BCUT2D eigenvalue weighted by Gasteiger charge is 2.42. The molecule has 1 unspecified atom stereocenters. The summed E-state index contributed by atoms with van der Waals surface area (Å²) in [5.74, 6) is 0.332. The SMILES string of the molecule is CC(CO)(NC(=O)Nc1cc(Cl)ccc1Cl)C1CC1. The van der Waals surface area contributed by atoms with Crippen LogP contribution in [0.1, 0.15) is 19.8 Å². The van der Waals surface area contributed by atoms with Gasteiger partial charge in [-0.2, -0.15) is 0 Å². The van der Waals surface area contributed by atoms with E-state index in [1.54, 1.807) is 18.2 Å². The van der Waals surface area contributed by atoms with E-state index in [-0.39, 0.29) is 6.61 Å². The average Bonchev–Trinajstić information content (AvgIpc) is 3.18. The molecule has 6 heteroatoms. The van der Waals surface area contributed by atoms with E-state index in [2.05, 4.69) is 10.6 Å². The first-order chi connectivity index (χ1) is 8.94. The fourth-order valence-corrected chi connectivity index (χ4v) is 2.33. The van der Waals surface area contributed by atoms with Gasteiger partial charge < -0.3 is 15.7 Å². The molecule has 19 heavy (non-hydrogen) atoms. The van der Waals surface area contributed by atoms with Gasteiger partial charge in [-0.15, -0.1) is 0 Å². The van der Waals surface area contributed by atoms with Crippen molar-refractivity contribution in [3.05, 3.63) is 28.2 Å². The van der Waals surface area contributed by atoms with Crippen molar-refractivity contribution >= 4 is 34.9 Å². The summed E-state index contributed by atoms with van der Waals surface area (Å²) in [7, 11) is 0. The molecule has 0 saturated heterocycles. The molecule has 2 amide bonds. The molecule has 1 fully saturated rings. The van der Waals surface area contributed by atoms with E-state index in [4.69, 9.17) is 23.2 Å². The molecule has 4 nitrogen and oxygen atoms in total. The van der Waals surface area contributed by atoms with E-state index in [1.165, 1.54) is 0 Å². The second-order valence-corrected chi connectivity index (χ2v) is 5.90. The first-order valence-electron chi connectivity index (χ1n) is 6.10. The molecule has 1 atom stereocenters. The number of amides is 2. The normalized spacial score (nSPS) is 17.7. The van der Waals surface area contributed by atoms with Crippen molar-refractivity contribution in [1.82, 2.24) is 5.32 Å². The molecule has 1 aliphatic carbocycles. The number of hydrogen-bond donors (Lipinski definition) is 3. The number of aliphatic hydroxyl groups excluding tert-OH is 1. The lowest BCUT2D eigenvalue weighted by atomic mass is 9.97. The van der Waals surface area contributed by atoms with Crippen LogP contribution in [-0.4, -0.2) is 23.3 Å². The molecule has 0 bridgehead atoms. The molecule has 0 aromatic heterocycles. The number of carbonyl (C=O) groups excluding carboxylic acids is 1. The highest BCUT2D eigenvalue weighted by molar-refractivity contribution is 6.35. The van der Waals surface area contributed by atoms with Crippen LogP contribution < -0.4 is 10.6 Å². The number of nitrogens with one attached hydrogen (secondary N) is 2. The van der Waals surface area contributed by atoms with Gasteiger partial charge in [0.2, 0.25) is 0 Å². The van der Waals surface area contributed by atoms with Crippen molar-refractivity contribution < 1.29 is 9.90 Å². The molecule has 1 saturated carbocycles. The maximum Gasteiger partial charge on any atom is 0.319 e. The number of halogens is 2. The lowest BCUT2D eigenvalue weighted by Gasteiger charge is -2.28. The summed E-state index contributed by atoms with van der Waals surface area (Å²) in [4.78, 5) is 11.9. The minimum atomic E-state index is -0.588. The minimum Gasteiger partial charge on any atom is -0.394 e. The molecule has 3 N–H and O–H groups in total. The van der Waals surface area contributed by atoms with Gasteiger partial charge >= 0.3 is 6.03 Å². The smallest absolute Gasteiger partial charge is 0.319 e. The molecule has 0 heterocycles. The third-order valence-electron chi connectivity index (χ3n) is 3.38. The Morgan fingerprint density at radius 2 is 2.16 bits per heavy atom. The monoisotopic (exact) mass is 302 g/mol. The molecule has 2 rings (SSSR count). The molecule has 1 aliphatic rings. The Labute approximate surface area is 122 Å². The first-order valence-corrected chi connectivity index (χ1v) is 6.85. The second kappa shape index (κ2) is 5.57. The van der Waals surface area contributed by atoms with Crippen LogP contribution in [0.15, 0.2) is 18.2 Å². The van der Waals surface area contributed by atoms with Crippen LogP contribution >= 0.6 is 23.2 Å². The topological polar surface area (TPSA) is 61.4 Å². The Morgan fingerprint density at radius 1 is 1.47 bits per heavy atom. The van der Waals surface area contributed by atoms with Crippen molar-refractivity contribution in [2.75, 3.05) is 11.9 Å². The molecule has 0 radical (unpaired) electrons. The van der Waals surface area contributed by atoms with Gasteiger partial charge in [0, 0.05) is 5.02 Å². The summed E-state index contributed by atoms with van der Waals surface area (Å²) >= 11 is 11.8. The van der Waals surface area contributed by atoms with E-state index in [1.807, 2.05) is 6.92 Å². The Kier molecular flexibility index (Phi) is 4.23.